The Balaban J connectivity index is 1.28. The zero-order valence-electron chi connectivity index (χ0n) is 17.6. The van der Waals surface area contributed by atoms with E-state index in [2.05, 4.69) is 20.9 Å². The van der Waals surface area contributed by atoms with Gasteiger partial charge in [0.25, 0.3) is 5.56 Å². The van der Waals surface area contributed by atoms with E-state index in [0.717, 1.165) is 66.3 Å². The summed E-state index contributed by atoms with van der Waals surface area (Å²) in [5.74, 6) is 1.34. The maximum Gasteiger partial charge on any atom is 0.255 e. The van der Waals surface area contributed by atoms with Crippen LogP contribution in [0.25, 0.3) is 11.3 Å². The van der Waals surface area contributed by atoms with E-state index >= 15 is 0 Å². The molecule has 31 heavy (non-hydrogen) atoms. The standard InChI is InChI=1S/C25H27ClN4O/c26-20-8-4-7-19(13-20)22-10-9-17(14-27-22)15-30-12-11-23-21(16-30)25(31)29-24(28-23)18-5-2-1-3-6-18/h4,7-10,13-14,18H,1-3,5-6,11-12,15-16H2,(H,28,29,31). The number of hydrogen-bond donors (Lipinski definition) is 1. The van der Waals surface area contributed by atoms with E-state index in [0.29, 0.717) is 17.5 Å². The van der Waals surface area contributed by atoms with E-state index in [9.17, 15) is 4.79 Å². The third-order valence-electron chi connectivity index (χ3n) is 6.51. The molecule has 0 bridgehead atoms. The summed E-state index contributed by atoms with van der Waals surface area (Å²) < 4.78 is 0. The van der Waals surface area contributed by atoms with Crippen molar-refractivity contribution in [2.24, 2.45) is 0 Å². The highest BCUT2D eigenvalue weighted by atomic mass is 35.5. The van der Waals surface area contributed by atoms with Crippen molar-refractivity contribution in [3.63, 3.8) is 0 Å². The Morgan fingerprint density at radius 3 is 2.77 bits per heavy atom. The summed E-state index contributed by atoms with van der Waals surface area (Å²) in [5.41, 5.74) is 4.93. The molecule has 5 rings (SSSR count). The number of aromatic amines is 1. The van der Waals surface area contributed by atoms with E-state index in [1.54, 1.807) is 0 Å². The lowest BCUT2D eigenvalue weighted by Gasteiger charge is -2.28. The number of halogens is 1. The van der Waals surface area contributed by atoms with Gasteiger partial charge >= 0.3 is 0 Å². The fourth-order valence-electron chi connectivity index (χ4n) is 4.80. The number of benzene rings is 1. The predicted molar refractivity (Wildman–Crippen MR) is 123 cm³/mol. The topological polar surface area (TPSA) is 61.9 Å². The highest BCUT2D eigenvalue weighted by Crippen LogP contribution is 2.31. The van der Waals surface area contributed by atoms with E-state index < -0.39 is 0 Å². The molecule has 0 saturated heterocycles. The maximum atomic E-state index is 12.8. The highest BCUT2D eigenvalue weighted by Gasteiger charge is 2.24. The molecule has 6 heteroatoms. The lowest BCUT2D eigenvalue weighted by atomic mass is 9.88. The fraction of sp³-hybridized carbons (Fsp3) is 0.400. The van der Waals surface area contributed by atoms with Crippen molar-refractivity contribution in [1.82, 2.24) is 19.9 Å². The van der Waals surface area contributed by atoms with Crippen molar-refractivity contribution in [3.8, 4) is 11.3 Å². The van der Waals surface area contributed by atoms with Gasteiger partial charge in [0.1, 0.15) is 5.82 Å². The van der Waals surface area contributed by atoms with Gasteiger partial charge in [0.05, 0.1) is 17.0 Å². The molecule has 1 aliphatic carbocycles. The summed E-state index contributed by atoms with van der Waals surface area (Å²) in [6.45, 7) is 2.31. The number of aromatic nitrogens is 3. The average molecular weight is 435 g/mol. The molecule has 1 aliphatic heterocycles. The largest absolute Gasteiger partial charge is 0.310 e. The van der Waals surface area contributed by atoms with Crippen LogP contribution in [-0.2, 0) is 19.5 Å². The Labute approximate surface area is 187 Å². The number of rotatable bonds is 4. The normalized spacial score (nSPS) is 17.5. The molecule has 0 atom stereocenters. The van der Waals surface area contributed by atoms with Crippen molar-refractivity contribution in [1.29, 1.82) is 0 Å². The molecule has 3 heterocycles. The van der Waals surface area contributed by atoms with Crippen LogP contribution < -0.4 is 5.56 Å². The summed E-state index contributed by atoms with van der Waals surface area (Å²) in [5, 5.41) is 0.709. The molecule has 0 radical (unpaired) electrons. The minimum absolute atomic E-state index is 0.0460. The SMILES string of the molecule is O=c1[nH]c(C2CCCCC2)nc2c1CN(Cc1ccc(-c3cccc(Cl)c3)nc1)CC2. The Morgan fingerprint density at radius 1 is 1.13 bits per heavy atom. The van der Waals surface area contributed by atoms with Crippen LogP contribution in [0, 0.1) is 0 Å². The lowest BCUT2D eigenvalue weighted by Crippen LogP contribution is -2.36. The predicted octanol–water partition coefficient (Wildman–Crippen LogP) is 5.09. The molecule has 2 aromatic heterocycles. The number of H-pyrrole nitrogens is 1. The van der Waals surface area contributed by atoms with E-state index in [1.807, 2.05) is 36.5 Å². The highest BCUT2D eigenvalue weighted by molar-refractivity contribution is 6.30. The first-order chi connectivity index (χ1) is 15.2. The second kappa shape index (κ2) is 8.93. The van der Waals surface area contributed by atoms with Gasteiger partial charge in [0.2, 0.25) is 0 Å². The molecule has 0 spiro atoms. The van der Waals surface area contributed by atoms with Gasteiger partial charge in [-0.15, -0.1) is 0 Å². The van der Waals surface area contributed by atoms with Crippen LogP contribution in [0.4, 0.5) is 0 Å². The van der Waals surface area contributed by atoms with Crippen LogP contribution in [0.1, 0.15) is 60.7 Å². The van der Waals surface area contributed by atoms with Gasteiger partial charge in [0, 0.05) is 48.8 Å². The molecule has 160 valence electrons. The first-order valence-electron chi connectivity index (χ1n) is 11.2. The van der Waals surface area contributed by atoms with Crippen LogP contribution in [0.15, 0.2) is 47.4 Å². The molecular formula is C25H27ClN4O. The van der Waals surface area contributed by atoms with Crippen molar-refractivity contribution in [3.05, 3.63) is 80.6 Å². The molecule has 1 saturated carbocycles. The van der Waals surface area contributed by atoms with Crippen molar-refractivity contribution < 1.29 is 0 Å². The summed E-state index contributed by atoms with van der Waals surface area (Å²) in [7, 11) is 0. The van der Waals surface area contributed by atoms with Crippen LogP contribution in [0.2, 0.25) is 5.02 Å². The zero-order valence-corrected chi connectivity index (χ0v) is 18.4. The first-order valence-corrected chi connectivity index (χ1v) is 11.6. The van der Waals surface area contributed by atoms with Crippen molar-refractivity contribution >= 4 is 11.6 Å². The van der Waals surface area contributed by atoms with Crippen molar-refractivity contribution in [2.45, 2.75) is 57.5 Å². The summed E-state index contributed by atoms with van der Waals surface area (Å²) in [6, 6.07) is 11.9. The zero-order chi connectivity index (χ0) is 21.2. The monoisotopic (exact) mass is 434 g/mol. The summed E-state index contributed by atoms with van der Waals surface area (Å²) in [4.78, 5) is 27.7. The third-order valence-corrected chi connectivity index (χ3v) is 6.74. The second-order valence-electron chi connectivity index (χ2n) is 8.73. The van der Waals surface area contributed by atoms with Gasteiger partial charge in [0.15, 0.2) is 0 Å². The summed E-state index contributed by atoms with van der Waals surface area (Å²) >= 11 is 6.09. The number of fused-ring (bicyclic) bond motifs is 1. The van der Waals surface area contributed by atoms with Crippen LogP contribution in [0.5, 0.6) is 0 Å². The number of nitrogens with zero attached hydrogens (tertiary/aromatic N) is 3. The van der Waals surface area contributed by atoms with Crippen molar-refractivity contribution in [2.75, 3.05) is 6.54 Å². The molecule has 5 nitrogen and oxygen atoms in total. The summed E-state index contributed by atoms with van der Waals surface area (Å²) in [6.07, 6.45) is 8.81. The Hall–Kier alpha value is -2.50. The fourth-order valence-corrected chi connectivity index (χ4v) is 4.99. The van der Waals surface area contributed by atoms with Gasteiger partial charge in [-0.2, -0.15) is 0 Å². The molecular weight excluding hydrogens is 408 g/mol. The van der Waals surface area contributed by atoms with Gasteiger partial charge in [-0.05, 0) is 36.6 Å². The second-order valence-corrected chi connectivity index (χ2v) is 9.17. The van der Waals surface area contributed by atoms with Gasteiger partial charge < -0.3 is 4.98 Å². The smallest absolute Gasteiger partial charge is 0.255 e. The van der Waals surface area contributed by atoms with E-state index in [-0.39, 0.29) is 5.56 Å². The number of nitrogens with one attached hydrogen (secondary N) is 1. The Morgan fingerprint density at radius 2 is 2.00 bits per heavy atom. The minimum Gasteiger partial charge on any atom is -0.310 e. The maximum absolute atomic E-state index is 12.8. The quantitative estimate of drug-likeness (QED) is 0.621. The Kier molecular flexibility index (Phi) is 5.88. The third kappa shape index (κ3) is 4.58. The molecule has 1 fully saturated rings. The number of pyridine rings is 1. The average Bonchev–Trinajstić information content (AvgIpc) is 2.80. The lowest BCUT2D eigenvalue weighted by molar-refractivity contribution is 0.240. The van der Waals surface area contributed by atoms with Gasteiger partial charge in [-0.3, -0.25) is 14.7 Å². The molecule has 0 amide bonds. The van der Waals surface area contributed by atoms with Crippen LogP contribution >= 0.6 is 11.6 Å². The molecule has 1 aromatic carbocycles. The van der Waals surface area contributed by atoms with Gasteiger partial charge in [-0.1, -0.05) is 49.1 Å². The molecule has 3 aromatic rings. The molecule has 1 N–H and O–H groups in total. The first kappa shape index (κ1) is 20.4. The van der Waals surface area contributed by atoms with E-state index in [1.165, 1.54) is 19.3 Å². The molecule has 2 aliphatic rings. The number of hydrogen-bond acceptors (Lipinski definition) is 4. The Bertz CT molecular complexity index is 1120. The van der Waals surface area contributed by atoms with Gasteiger partial charge in [-0.25, -0.2) is 4.98 Å². The van der Waals surface area contributed by atoms with E-state index in [4.69, 9.17) is 16.6 Å². The van der Waals surface area contributed by atoms with Crippen LogP contribution in [-0.4, -0.2) is 26.4 Å². The molecule has 0 unspecified atom stereocenters. The minimum atomic E-state index is 0.0460. The van der Waals surface area contributed by atoms with Crippen LogP contribution in [0.3, 0.4) is 0 Å².